The lowest BCUT2D eigenvalue weighted by Crippen LogP contribution is -2.32. The summed E-state index contributed by atoms with van der Waals surface area (Å²) in [5.74, 6) is 1.58. The molecule has 0 spiro atoms. The van der Waals surface area contributed by atoms with Crippen molar-refractivity contribution in [2.24, 2.45) is 0 Å². The van der Waals surface area contributed by atoms with Gasteiger partial charge in [-0.15, -0.1) is 0 Å². The summed E-state index contributed by atoms with van der Waals surface area (Å²) in [6.07, 6.45) is 1.71. The predicted octanol–water partition coefficient (Wildman–Crippen LogP) is 7.24. The highest BCUT2D eigenvalue weighted by Crippen LogP contribution is 2.35. The van der Waals surface area contributed by atoms with Crippen molar-refractivity contribution in [2.75, 3.05) is 19.8 Å². The molecule has 0 saturated carbocycles. The van der Waals surface area contributed by atoms with Crippen LogP contribution in [0.4, 0.5) is 4.79 Å². The minimum Gasteiger partial charge on any atom is -0.492 e. The Balaban J connectivity index is 1.27. The van der Waals surface area contributed by atoms with E-state index in [0.717, 1.165) is 39.2 Å². The number of benzene rings is 4. The second-order valence-corrected chi connectivity index (χ2v) is 10.1. The lowest BCUT2D eigenvalue weighted by atomic mass is 10.1. The molecule has 0 atom stereocenters. The Labute approximate surface area is 232 Å². The van der Waals surface area contributed by atoms with Gasteiger partial charge in [-0.25, -0.2) is 0 Å². The average Bonchev–Trinajstić information content (AvgIpc) is 3.20. The van der Waals surface area contributed by atoms with E-state index in [-0.39, 0.29) is 24.3 Å². The first-order valence-electron chi connectivity index (χ1n) is 12.8. The Kier molecular flexibility index (Phi) is 8.18. The molecule has 4 aromatic rings. The maximum Gasteiger partial charge on any atom is 0.293 e. The van der Waals surface area contributed by atoms with Crippen LogP contribution in [0.25, 0.3) is 16.8 Å². The lowest BCUT2D eigenvalue weighted by molar-refractivity contribution is -0.123. The minimum atomic E-state index is -0.327. The number of fused-ring (bicyclic) bond motifs is 1. The van der Waals surface area contributed by atoms with Crippen LogP contribution < -0.4 is 14.2 Å². The van der Waals surface area contributed by atoms with E-state index in [4.69, 9.17) is 14.2 Å². The number of nitrogens with zero attached hydrogens (tertiary/aromatic N) is 1. The number of ether oxygens (including phenoxy) is 3. The molecule has 1 fully saturated rings. The highest BCUT2D eigenvalue weighted by Gasteiger charge is 2.34. The predicted molar refractivity (Wildman–Crippen MR) is 155 cm³/mol. The second kappa shape index (κ2) is 12.1. The van der Waals surface area contributed by atoms with Crippen molar-refractivity contribution in [1.29, 1.82) is 0 Å². The molecule has 4 aromatic carbocycles. The number of rotatable bonds is 10. The van der Waals surface area contributed by atoms with Gasteiger partial charge < -0.3 is 14.2 Å². The number of imide groups is 1. The van der Waals surface area contributed by atoms with Crippen molar-refractivity contribution in [2.45, 2.75) is 20.5 Å². The van der Waals surface area contributed by atoms with Gasteiger partial charge in [-0.05, 0) is 83.4 Å². The number of hydrogen-bond donors (Lipinski definition) is 0. The molecule has 0 bridgehead atoms. The van der Waals surface area contributed by atoms with Crippen LogP contribution in [0.2, 0.25) is 0 Å². The van der Waals surface area contributed by atoms with Gasteiger partial charge in [0.1, 0.15) is 19.0 Å². The topological polar surface area (TPSA) is 65.1 Å². The number of amides is 2. The first-order valence-corrected chi connectivity index (χ1v) is 13.6. The van der Waals surface area contributed by atoms with Crippen LogP contribution in [0.3, 0.4) is 0 Å². The molecule has 1 aliphatic heterocycles. The molecule has 5 rings (SSSR count). The second-order valence-electron chi connectivity index (χ2n) is 9.06. The quantitative estimate of drug-likeness (QED) is 0.198. The van der Waals surface area contributed by atoms with Gasteiger partial charge in [0, 0.05) is 0 Å². The van der Waals surface area contributed by atoms with Crippen LogP contribution in [-0.2, 0) is 11.4 Å². The molecule has 0 unspecified atom stereocenters. The highest BCUT2D eigenvalue weighted by atomic mass is 32.2. The number of thioether (sulfide) groups is 1. The highest BCUT2D eigenvalue weighted by molar-refractivity contribution is 8.18. The SMILES string of the molecule is CCOc1cc(/C=C2\SC(=O)N(CCOc3cccc(C)c3)C2=O)ccc1OCc1cccc2ccccc12. The molecule has 1 heterocycles. The molecule has 198 valence electrons. The maximum atomic E-state index is 13.0. The monoisotopic (exact) mass is 539 g/mol. The van der Waals surface area contributed by atoms with Gasteiger partial charge in [-0.1, -0.05) is 60.7 Å². The summed E-state index contributed by atoms with van der Waals surface area (Å²) in [6, 6.07) is 27.5. The lowest BCUT2D eigenvalue weighted by Gasteiger charge is -2.14. The molecule has 39 heavy (non-hydrogen) atoms. The number of hydrogen-bond acceptors (Lipinski definition) is 6. The van der Waals surface area contributed by atoms with E-state index in [0.29, 0.717) is 35.4 Å². The van der Waals surface area contributed by atoms with Crippen LogP contribution in [0.1, 0.15) is 23.6 Å². The molecule has 6 nitrogen and oxygen atoms in total. The van der Waals surface area contributed by atoms with Crippen LogP contribution in [0, 0.1) is 6.92 Å². The summed E-state index contributed by atoms with van der Waals surface area (Å²) in [6.45, 7) is 5.16. The normalized spacial score (nSPS) is 14.3. The maximum absolute atomic E-state index is 13.0. The fraction of sp³-hybridized carbons (Fsp3) is 0.188. The fourth-order valence-corrected chi connectivity index (χ4v) is 5.24. The summed E-state index contributed by atoms with van der Waals surface area (Å²) in [5, 5.41) is 2.00. The number of aryl methyl sites for hydroxylation is 1. The van der Waals surface area contributed by atoms with Crippen molar-refractivity contribution in [3.05, 3.63) is 107 Å². The Morgan fingerprint density at radius 1 is 0.846 bits per heavy atom. The molecule has 2 amide bonds. The van der Waals surface area contributed by atoms with E-state index < -0.39 is 0 Å². The van der Waals surface area contributed by atoms with Gasteiger partial charge in [0.25, 0.3) is 11.1 Å². The molecule has 1 aliphatic rings. The Morgan fingerprint density at radius 3 is 2.51 bits per heavy atom. The van der Waals surface area contributed by atoms with Crippen molar-refractivity contribution < 1.29 is 23.8 Å². The number of carbonyl (C=O) groups is 2. The molecule has 1 saturated heterocycles. The third-order valence-electron chi connectivity index (χ3n) is 6.28. The smallest absolute Gasteiger partial charge is 0.293 e. The van der Waals surface area contributed by atoms with Gasteiger partial charge in [0.15, 0.2) is 11.5 Å². The Morgan fingerprint density at radius 2 is 1.67 bits per heavy atom. The van der Waals surface area contributed by atoms with E-state index in [9.17, 15) is 9.59 Å². The third kappa shape index (κ3) is 6.26. The van der Waals surface area contributed by atoms with Gasteiger partial charge in [-0.2, -0.15) is 0 Å². The standard InChI is InChI=1S/C32H29NO5S/c1-3-36-29-19-23(14-15-28(29)38-21-25-11-7-10-24-9-4-5-13-27(24)25)20-30-31(34)33(32(35)39-30)16-17-37-26-12-6-8-22(2)18-26/h4-15,18-20H,3,16-17,21H2,1-2H3/b30-20-. The summed E-state index contributed by atoms with van der Waals surface area (Å²) in [7, 11) is 0. The van der Waals surface area contributed by atoms with E-state index in [2.05, 4.69) is 24.3 Å². The Bertz CT molecular complexity index is 1540. The molecular formula is C32H29NO5S. The van der Waals surface area contributed by atoms with E-state index in [1.165, 1.54) is 4.90 Å². The van der Waals surface area contributed by atoms with Crippen molar-refractivity contribution in [3.63, 3.8) is 0 Å². The van der Waals surface area contributed by atoms with Crippen LogP contribution in [0.5, 0.6) is 17.2 Å². The molecule has 0 aromatic heterocycles. The van der Waals surface area contributed by atoms with Crippen molar-refractivity contribution >= 4 is 39.8 Å². The summed E-state index contributed by atoms with van der Waals surface area (Å²) >= 11 is 0.928. The molecule has 7 heteroatoms. The first-order chi connectivity index (χ1) is 19.0. The average molecular weight is 540 g/mol. The zero-order valence-corrected chi connectivity index (χ0v) is 22.7. The van der Waals surface area contributed by atoms with Gasteiger partial charge in [0.2, 0.25) is 0 Å². The fourth-order valence-electron chi connectivity index (χ4n) is 4.38. The molecule has 0 radical (unpaired) electrons. The van der Waals surface area contributed by atoms with E-state index in [1.54, 1.807) is 6.08 Å². The third-order valence-corrected chi connectivity index (χ3v) is 7.18. The molecular weight excluding hydrogens is 510 g/mol. The summed E-state index contributed by atoms with van der Waals surface area (Å²) in [5.41, 5.74) is 2.91. The summed E-state index contributed by atoms with van der Waals surface area (Å²) < 4.78 is 17.7. The Hall–Kier alpha value is -4.23. The van der Waals surface area contributed by atoms with Crippen LogP contribution in [0.15, 0.2) is 89.8 Å². The zero-order chi connectivity index (χ0) is 27.2. The van der Waals surface area contributed by atoms with Crippen LogP contribution >= 0.6 is 11.8 Å². The largest absolute Gasteiger partial charge is 0.492 e. The van der Waals surface area contributed by atoms with Crippen molar-refractivity contribution in [1.82, 2.24) is 4.90 Å². The minimum absolute atomic E-state index is 0.182. The van der Waals surface area contributed by atoms with E-state index >= 15 is 0 Å². The molecule has 0 aliphatic carbocycles. The van der Waals surface area contributed by atoms with Crippen molar-refractivity contribution in [3.8, 4) is 17.2 Å². The van der Waals surface area contributed by atoms with E-state index in [1.807, 2.05) is 74.5 Å². The summed E-state index contributed by atoms with van der Waals surface area (Å²) in [4.78, 5) is 27.1. The van der Waals surface area contributed by atoms with Crippen LogP contribution in [-0.4, -0.2) is 35.8 Å². The molecule has 0 N–H and O–H groups in total. The van der Waals surface area contributed by atoms with Gasteiger partial charge >= 0.3 is 0 Å². The van der Waals surface area contributed by atoms with Gasteiger partial charge in [-0.3, -0.25) is 14.5 Å². The zero-order valence-electron chi connectivity index (χ0n) is 21.9. The van der Waals surface area contributed by atoms with Gasteiger partial charge in [0.05, 0.1) is 18.1 Å². The first kappa shape index (κ1) is 26.4. The number of carbonyl (C=O) groups excluding carboxylic acids is 2.